The van der Waals surface area contributed by atoms with Crippen LogP contribution in [0.5, 0.6) is 0 Å². The van der Waals surface area contributed by atoms with E-state index in [1.165, 1.54) is 0 Å². The van der Waals surface area contributed by atoms with Crippen LogP contribution in [0.4, 0.5) is 0 Å². The van der Waals surface area contributed by atoms with Crippen LogP contribution in [-0.2, 0) is 9.53 Å². The van der Waals surface area contributed by atoms with Gasteiger partial charge in [-0.2, -0.15) is 0 Å². The third kappa shape index (κ3) is 1.39. The number of allylic oxidation sites excluding steroid dienone is 2. The molecular weight excluding hydrogens is 270 g/mol. The maximum atomic E-state index is 12.2. The van der Waals surface area contributed by atoms with Crippen LogP contribution < -0.4 is 5.32 Å². The zero-order chi connectivity index (χ0) is 11.2. The van der Waals surface area contributed by atoms with Crippen LogP contribution in [0.1, 0.15) is 12.8 Å². The molecule has 3 aliphatic rings. The van der Waals surface area contributed by atoms with Gasteiger partial charge >= 0.3 is 0 Å². The number of hydrogen-bond acceptors (Lipinski definition) is 2. The molecule has 0 radical (unpaired) electrons. The van der Waals surface area contributed by atoms with E-state index in [4.69, 9.17) is 4.74 Å². The first kappa shape index (κ1) is 10.5. The molecule has 1 N–H and O–H groups in total. The Kier molecular flexibility index (Phi) is 2.44. The Hall–Kier alpha value is -0.610. The van der Waals surface area contributed by atoms with Gasteiger partial charge in [0, 0.05) is 23.6 Å². The number of hydrogen-bond donors (Lipinski definition) is 1. The lowest BCUT2D eigenvalue weighted by molar-refractivity contribution is -0.133. The van der Waals surface area contributed by atoms with Gasteiger partial charge in [0.1, 0.15) is 0 Å². The fraction of sp³-hybridized carbons (Fsp3) is 0.583. The van der Waals surface area contributed by atoms with E-state index in [1.807, 2.05) is 0 Å². The fourth-order valence-electron chi connectivity index (χ4n) is 3.05. The highest BCUT2D eigenvalue weighted by Gasteiger charge is 2.54. The Balaban J connectivity index is 1.95. The predicted molar refractivity (Wildman–Crippen MR) is 64.1 cm³/mol. The van der Waals surface area contributed by atoms with Crippen molar-refractivity contribution in [2.24, 2.45) is 11.3 Å². The molecule has 16 heavy (non-hydrogen) atoms. The molecule has 0 aromatic rings. The van der Waals surface area contributed by atoms with Crippen molar-refractivity contribution in [2.75, 3.05) is 13.2 Å². The molecule has 2 heterocycles. The summed E-state index contributed by atoms with van der Waals surface area (Å²) in [5, 5.41) is 3.09. The molecule has 4 heteroatoms. The lowest BCUT2D eigenvalue weighted by Crippen LogP contribution is -2.40. The Morgan fingerprint density at radius 2 is 2.19 bits per heavy atom. The van der Waals surface area contributed by atoms with Crippen molar-refractivity contribution in [1.29, 1.82) is 0 Å². The third-order valence-electron chi connectivity index (χ3n) is 3.96. The normalized spacial score (nSPS) is 35.8. The third-order valence-corrected chi connectivity index (χ3v) is 4.49. The number of nitrogens with one attached hydrogen (secondary N) is 1. The summed E-state index contributed by atoms with van der Waals surface area (Å²) < 4.78 is 6.43. The van der Waals surface area contributed by atoms with E-state index in [9.17, 15) is 4.79 Å². The van der Waals surface area contributed by atoms with Crippen LogP contribution in [0.25, 0.3) is 0 Å². The van der Waals surface area contributed by atoms with E-state index in [0.29, 0.717) is 19.1 Å². The summed E-state index contributed by atoms with van der Waals surface area (Å²) in [5.74, 6) is 0.499. The molecule has 86 valence electrons. The summed E-state index contributed by atoms with van der Waals surface area (Å²) in [6.45, 7) is 1.41. The van der Waals surface area contributed by atoms with Crippen molar-refractivity contribution < 1.29 is 9.53 Å². The number of halogens is 1. The molecule has 0 bridgehead atoms. The van der Waals surface area contributed by atoms with E-state index in [1.54, 1.807) is 0 Å². The van der Waals surface area contributed by atoms with Crippen molar-refractivity contribution >= 4 is 21.8 Å². The smallest absolute Gasteiger partial charge is 0.227 e. The van der Waals surface area contributed by atoms with Gasteiger partial charge in [-0.25, -0.2) is 0 Å². The number of carbonyl (C=O) groups excluding carboxylic acids is 1. The van der Waals surface area contributed by atoms with Crippen LogP contribution in [0.3, 0.4) is 0 Å². The number of amides is 1. The minimum atomic E-state index is -0.219. The summed E-state index contributed by atoms with van der Waals surface area (Å²) in [6, 6.07) is 0.157. The Bertz CT molecular complexity index is 382. The highest BCUT2D eigenvalue weighted by Crippen LogP contribution is 2.47. The molecule has 1 amide bonds. The quantitative estimate of drug-likeness (QED) is 0.736. The van der Waals surface area contributed by atoms with Crippen molar-refractivity contribution in [3.63, 3.8) is 0 Å². The first-order valence-electron chi connectivity index (χ1n) is 5.67. The van der Waals surface area contributed by atoms with Crippen molar-refractivity contribution in [3.8, 4) is 0 Å². The molecule has 3 nitrogen and oxygen atoms in total. The summed E-state index contributed by atoms with van der Waals surface area (Å²) in [4.78, 5) is 12.2. The van der Waals surface area contributed by atoms with Gasteiger partial charge in [-0.1, -0.05) is 28.1 Å². The lowest BCUT2D eigenvalue weighted by Gasteiger charge is -2.36. The number of carbonyl (C=O) groups is 1. The molecule has 0 aromatic carbocycles. The van der Waals surface area contributed by atoms with E-state index in [2.05, 4.69) is 39.5 Å². The largest absolute Gasteiger partial charge is 0.381 e. The summed E-state index contributed by atoms with van der Waals surface area (Å²) >= 11 is 3.46. The Labute approximate surface area is 103 Å². The first-order valence-corrected chi connectivity index (χ1v) is 6.46. The Morgan fingerprint density at radius 3 is 2.94 bits per heavy atom. The number of ether oxygens (including phenoxy) is 1. The molecule has 0 saturated carbocycles. The van der Waals surface area contributed by atoms with Gasteiger partial charge in [-0.05, 0) is 18.9 Å². The van der Waals surface area contributed by atoms with Gasteiger partial charge < -0.3 is 10.1 Å². The zero-order valence-corrected chi connectivity index (χ0v) is 10.5. The fourth-order valence-corrected chi connectivity index (χ4v) is 3.49. The van der Waals surface area contributed by atoms with Crippen molar-refractivity contribution in [1.82, 2.24) is 5.32 Å². The monoisotopic (exact) mass is 283 g/mol. The molecule has 1 aliphatic carbocycles. The topological polar surface area (TPSA) is 38.3 Å². The zero-order valence-electron chi connectivity index (χ0n) is 8.91. The SMILES string of the molecule is O=C1NC2C=C(Br)C=CC2C12CCOCC2. The van der Waals surface area contributed by atoms with Crippen LogP contribution in [-0.4, -0.2) is 25.2 Å². The van der Waals surface area contributed by atoms with Gasteiger partial charge in [0.25, 0.3) is 0 Å². The highest BCUT2D eigenvalue weighted by molar-refractivity contribution is 9.11. The van der Waals surface area contributed by atoms with Crippen molar-refractivity contribution in [2.45, 2.75) is 18.9 Å². The number of fused-ring (bicyclic) bond motifs is 2. The minimum Gasteiger partial charge on any atom is -0.381 e. The average molecular weight is 284 g/mol. The van der Waals surface area contributed by atoms with Gasteiger partial charge in [0.05, 0.1) is 11.5 Å². The van der Waals surface area contributed by atoms with E-state index in [-0.39, 0.29) is 17.4 Å². The van der Waals surface area contributed by atoms with E-state index >= 15 is 0 Å². The molecule has 2 atom stereocenters. The molecular formula is C12H14BrNO2. The predicted octanol–water partition coefficient (Wildman–Crippen LogP) is 1.75. The van der Waals surface area contributed by atoms with Gasteiger partial charge in [0.2, 0.25) is 5.91 Å². The summed E-state index contributed by atoms with van der Waals surface area (Å²) in [5.41, 5.74) is -0.219. The van der Waals surface area contributed by atoms with E-state index < -0.39 is 0 Å². The van der Waals surface area contributed by atoms with Crippen molar-refractivity contribution in [3.05, 3.63) is 22.7 Å². The average Bonchev–Trinajstić information content (AvgIpc) is 2.53. The highest BCUT2D eigenvalue weighted by atomic mass is 79.9. The molecule has 0 aromatic heterocycles. The molecule has 2 unspecified atom stereocenters. The molecule has 2 saturated heterocycles. The summed E-state index contributed by atoms with van der Waals surface area (Å²) in [7, 11) is 0. The minimum absolute atomic E-state index is 0.157. The van der Waals surface area contributed by atoms with Gasteiger partial charge in [0.15, 0.2) is 0 Å². The molecule has 1 spiro atoms. The molecule has 3 rings (SSSR count). The van der Waals surface area contributed by atoms with Crippen LogP contribution in [0, 0.1) is 11.3 Å². The van der Waals surface area contributed by atoms with Gasteiger partial charge in [-0.3, -0.25) is 4.79 Å². The second-order valence-corrected chi connectivity index (χ2v) is 5.62. The Morgan fingerprint density at radius 1 is 1.44 bits per heavy atom. The molecule has 2 aliphatic heterocycles. The first-order chi connectivity index (χ1) is 7.72. The van der Waals surface area contributed by atoms with Crippen LogP contribution in [0.15, 0.2) is 22.7 Å². The molecule has 2 fully saturated rings. The lowest BCUT2D eigenvalue weighted by atomic mass is 9.69. The van der Waals surface area contributed by atoms with Crippen LogP contribution in [0.2, 0.25) is 0 Å². The standard InChI is InChI=1S/C12H14BrNO2/c13-8-1-2-9-10(7-8)14-11(15)12(9)3-5-16-6-4-12/h1-2,7,9-10H,3-6H2,(H,14,15). The van der Waals surface area contributed by atoms with E-state index in [0.717, 1.165) is 17.3 Å². The van der Waals surface area contributed by atoms with Gasteiger partial charge in [-0.15, -0.1) is 0 Å². The number of rotatable bonds is 0. The second kappa shape index (κ2) is 3.70. The van der Waals surface area contributed by atoms with Crippen LogP contribution >= 0.6 is 15.9 Å². The maximum Gasteiger partial charge on any atom is 0.227 e. The second-order valence-electron chi connectivity index (χ2n) is 4.70. The maximum absolute atomic E-state index is 12.2. The summed E-state index contributed by atoms with van der Waals surface area (Å²) in [6.07, 6.45) is 8.00.